The zero-order valence-electron chi connectivity index (χ0n) is 18.2. The van der Waals surface area contributed by atoms with Gasteiger partial charge in [-0.25, -0.2) is 0 Å². The van der Waals surface area contributed by atoms with Gasteiger partial charge in [-0.2, -0.15) is 0 Å². The van der Waals surface area contributed by atoms with Crippen molar-refractivity contribution in [2.75, 3.05) is 0 Å². The van der Waals surface area contributed by atoms with Crippen LogP contribution in [0.15, 0.2) is 12.7 Å². The summed E-state index contributed by atoms with van der Waals surface area (Å²) in [5.41, 5.74) is -7.00. The molecule has 1 saturated heterocycles. The molecule has 3 aliphatic rings. The van der Waals surface area contributed by atoms with Crippen LogP contribution < -0.4 is 0 Å². The predicted octanol–water partition coefficient (Wildman–Crippen LogP) is 1.52. The molecule has 3 fully saturated rings. The number of rotatable bonds is 2. The normalized spacial score (nSPS) is 51.6. The maximum Gasteiger partial charge on any atom is 0.303 e. The van der Waals surface area contributed by atoms with Crippen molar-refractivity contribution < 1.29 is 34.4 Å². The number of Topliss-reactive ketones (excluding diaryl/α,β-unsaturated/α-hetero) is 1. The fourth-order valence-electron chi connectivity index (χ4n) is 6.66. The van der Waals surface area contributed by atoms with Crippen LogP contribution in [0.25, 0.3) is 0 Å². The first kappa shape index (κ1) is 22.4. The quantitative estimate of drug-likeness (QED) is 0.467. The van der Waals surface area contributed by atoms with Crippen molar-refractivity contribution in [3.63, 3.8) is 0 Å². The van der Waals surface area contributed by atoms with Gasteiger partial charge in [-0.3, -0.25) is 9.59 Å². The van der Waals surface area contributed by atoms with Crippen LogP contribution in [-0.4, -0.2) is 62.2 Å². The Morgan fingerprint density at radius 3 is 2.34 bits per heavy atom. The summed E-state index contributed by atoms with van der Waals surface area (Å²) in [5, 5.41) is 34.7. The van der Waals surface area contributed by atoms with Crippen LogP contribution in [0.5, 0.6) is 0 Å². The number of ether oxygens (including phenoxy) is 2. The summed E-state index contributed by atoms with van der Waals surface area (Å²) < 4.78 is 11.8. The van der Waals surface area contributed by atoms with E-state index in [4.69, 9.17) is 9.47 Å². The van der Waals surface area contributed by atoms with Gasteiger partial charge in [0.25, 0.3) is 0 Å². The number of aliphatic hydroxyl groups excluding tert-OH is 2. The Morgan fingerprint density at radius 2 is 1.83 bits per heavy atom. The zero-order valence-corrected chi connectivity index (χ0v) is 18.2. The van der Waals surface area contributed by atoms with Gasteiger partial charge in [-0.1, -0.05) is 26.8 Å². The van der Waals surface area contributed by atoms with Crippen LogP contribution in [0.4, 0.5) is 0 Å². The van der Waals surface area contributed by atoms with Gasteiger partial charge >= 0.3 is 5.97 Å². The molecule has 8 atom stereocenters. The predicted molar refractivity (Wildman–Crippen MR) is 105 cm³/mol. The van der Waals surface area contributed by atoms with Gasteiger partial charge in [0.1, 0.15) is 5.60 Å². The van der Waals surface area contributed by atoms with E-state index in [1.165, 1.54) is 19.9 Å². The van der Waals surface area contributed by atoms with E-state index in [-0.39, 0.29) is 6.42 Å². The van der Waals surface area contributed by atoms with Crippen LogP contribution in [0, 0.1) is 16.7 Å². The van der Waals surface area contributed by atoms with Crippen LogP contribution in [-0.2, 0) is 19.1 Å². The van der Waals surface area contributed by atoms with Gasteiger partial charge in [0, 0.05) is 24.7 Å². The van der Waals surface area contributed by atoms with E-state index in [2.05, 4.69) is 6.58 Å². The Morgan fingerprint density at radius 1 is 1.24 bits per heavy atom. The van der Waals surface area contributed by atoms with Crippen molar-refractivity contribution >= 4 is 11.8 Å². The lowest BCUT2D eigenvalue weighted by Crippen LogP contribution is -2.86. The van der Waals surface area contributed by atoms with Crippen molar-refractivity contribution in [1.82, 2.24) is 0 Å². The number of carbonyl (C=O) groups is 2. The SMILES string of the molecule is C=C[C@@]1(C)CC(=O)[C@]2(O)[C@]3(C)[C@@H](O)CCC(C)(C)[C@@H]3[C@H](O)[C@H](OC(C)=O)[C@@]2(C)O1. The first-order chi connectivity index (χ1) is 13.1. The Labute approximate surface area is 172 Å². The molecule has 0 radical (unpaired) electrons. The molecule has 0 aromatic rings. The smallest absolute Gasteiger partial charge is 0.303 e. The lowest BCUT2D eigenvalue weighted by molar-refractivity contribution is -0.370. The number of carbonyl (C=O) groups excluding carboxylic acids is 2. The van der Waals surface area contributed by atoms with Gasteiger partial charge in [0.05, 0.1) is 17.8 Å². The van der Waals surface area contributed by atoms with Crippen LogP contribution in [0.3, 0.4) is 0 Å². The number of aliphatic hydroxyl groups is 3. The van der Waals surface area contributed by atoms with Gasteiger partial charge in [-0.05, 0) is 32.1 Å². The highest BCUT2D eigenvalue weighted by Crippen LogP contribution is 2.66. The summed E-state index contributed by atoms with van der Waals surface area (Å²) in [6.07, 6.45) is -1.29. The van der Waals surface area contributed by atoms with E-state index in [0.717, 1.165) is 0 Å². The van der Waals surface area contributed by atoms with Crippen molar-refractivity contribution in [2.45, 2.75) is 95.9 Å². The van der Waals surface area contributed by atoms with E-state index in [0.29, 0.717) is 12.8 Å². The van der Waals surface area contributed by atoms with Crippen molar-refractivity contribution in [3.8, 4) is 0 Å². The number of hydrogen-bond acceptors (Lipinski definition) is 7. The van der Waals surface area contributed by atoms with Crippen LogP contribution >= 0.6 is 0 Å². The number of ketones is 1. The van der Waals surface area contributed by atoms with E-state index >= 15 is 0 Å². The third-order valence-electron chi connectivity index (χ3n) is 8.02. The summed E-state index contributed by atoms with van der Waals surface area (Å²) in [6.45, 7) is 13.6. The average Bonchev–Trinajstić information content (AvgIpc) is 2.59. The van der Waals surface area contributed by atoms with Gasteiger partial charge in [0.2, 0.25) is 0 Å². The van der Waals surface area contributed by atoms with Crippen molar-refractivity contribution in [2.24, 2.45) is 16.7 Å². The summed E-state index contributed by atoms with van der Waals surface area (Å²) in [7, 11) is 0. The summed E-state index contributed by atoms with van der Waals surface area (Å²) in [4.78, 5) is 25.5. The average molecular weight is 411 g/mol. The van der Waals surface area contributed by atoms with Crippen LogP contribution in [0.2, 0.25) is 0 Å². The van der Waals surface area contributed by atoms with Crippen LogP contribution in [0.1, 0.15) is 60.8 Å². The lowest BCUT2D eigenvalue weighted by Gasteiger charge is -2.71. The third-order valence-corrected chi connectivity index (χ3v) is 8.02. The molecule has 29 heavy (non-hydrogen) atoms. The first-order valence-electron chi connectivity index (χ1n) is 10.2. The number of esters is 1. The Kier molecular flexibility index (Phi) is 4.91. The topological polar surface area (TPSA) is 113 Å². The monoisotopic (exact) mass is 410 g/mol. The fraction of sp³-hybridized carbons (Fsp3) is 0.818. The molecule has 0 aromatic carbocycles. The Bertz CT molecular complexity index is 747. The minimum atomic E-state index is -2.18. The molecule has 1 heterocycles. The van der Waals surface area contributed by atoms with Crippen molar-refractivity contribution in [1.29, 1.82) is 0 Å². The molecular weight excluding hydrogens is 376 g/mol. The van der Waals surface area contributed by atoms with Crippen molar-refractivity contribution in [3.05, 3.63) is 12.7 Å². The highest BCUT2D eigenvalue weighted by atomic mass is 16.6. The molecule has 0 unspecified atom stereocenters. The zero-order chi connectivity index (χ0) is 22.2. The van der Waals surface area contributed by atoms with Gasteiger partial charge < -0.3 is 24.8 Å². The van der Waals surface area contributed by atoms with Gasteiger partial charge in [-0.15, -0.1) is 6.58 Å². The molecule has 0 amide bonds. The molecule has 7 nitrogen and oxygen atoms in total. The molecule has 0 spiro atoms. The standard InChI is InChI=1S/C22H34O7/c1-8-19(5)11-14(25)22(27)20(6)13(24)9-10-18(3,4)16(20)15(26)17(28-12(2)23)21(22,7)29-19/h8,13,15-17,24,26-27H,1,9-11H2,2-7H3/t13-,15-,16-,17-,19-,20+,21+,22-/m0/s1. The summed E-state index contributed by atoms with van der Waals surface area (Å²) in [5.74, 6) is -1.87. The molecule has 7 heteroatoms. The molecule has 164 valence electrons. The number of hydrogen-bond donors (Lipinski definition) is 3. The first-order valence-corrected chi connectivity index (χ1v) is 10.2. The number of fused-ring (bicyclic) bond motifs is 3. The molecule has 3 N–H and O–H groups in total. The molecule has 2 saturated carbocycles. The minimum absolute atomic E-state index is 0.138. The minimum Gasteiger partial charge on any atom is -0.457 e. The second-order valence-electron chi connectivity index (χ2n) is 10.4. The van der Waals surface area contributed by atoms with E-state index in [1.54, 1.807) is 13.8 Å². The van der Waals surface area contributed by atoms with Gasteiger partial charge in [0.15, 0.2) is 17.5 Å². The van der Waals surface area contributed by atoms with E-state index in [9.17, 15) is 24.9 Å². The maximum absolute atomic E-state index is 13.6. The Balaban J connectivity index is 2.33. The highest BCUT2D eigenvalue weighted by Gasteiger charge is 2.81. The maximum atomic E-state index is 13.6. The fourth-order valence-corrected chi connectivity index (χ4v) is 6.66. The molecular formula is C22H34O7. The van der Waals surface area contributed by atoms with E-state index < -0.39 is 63.6 Å². The molecule has 0 aromatic heterocycles. The van der Waals surface area contributed by atoms with E-state index in [1.807, 2.05) is 13.8 Å². The molecule has 2 aliphatic carbocycles. The Hall–Kier alpha value is -1.28. The highest BCUT2D eigenvalue weighted by molar-refractivity contribution is 5.92. The molecule has 0 bridgehead atoms. The summed E-state index contributed by atoms with van der Waals surface area (Å²) in [6, 6.07) is 0. The second kappa shape index (κ2) is 6.36. The molecule has 1 aliphatic heterocycles. The largest absolute Gasteiger partial charge is 0.457 e. The lowest BCUT2D eigenvalue weighted by atomic mass is 9.40. The summed E-state index contributed by atoms with van der Waals surface area (Å²) >= 11 is 0. The molecule has 3 rings (SSSR count). The third kappa shape index (κ3) is 2.63. The second-order valence-corrected chi connectivity index (χ2v) is 10.4.